The van der Waals surface area contributed by atoms with Crippen molar-refractivity contribution in [3.63, 3.8) is 0 Å². The topological polar surface area (TPSA) is 85.3 Å². The summed E-state index contributed by atoms with van der Waals surface area (Å²) in [6.45, 7) is 27.7. The van der Waals surface area contributed by atoms with Crippen molar-refractivity contribution in [3.05, 3.63) is 58.2 Å². The third kappa shape index (κ3) is 17.5. The number of hydrogen-bond acceptors (Lipinski definition) is 5. The molecule has 3 aliphatic rings. The predicted molar refractivity (Wildman–Crippen MR) is 202 cm³/mol. The highest BCUT2D eigenvalue weighted by molar-refractivity contribution is 7.63. The number of carbonyl (C=O) groups excluding carboxylic acids is 4. The normalized spacial score (nSPS) is 21.7. The molecule has 1 atom stereocenters. The molecule has 3 rings (SSSR count). The van der Waals surface area contributed by atoms with E-state index in [1.165, 1.54) is 67.7 Å². The van der Waals surface area contributed by atoms with Gasteiger partial charge in [0.1, 0.15) is 12.1 Å². The van der Waals surface area contributed by atoms with Gasteiger partial charge in [-0.05, 0) is 146 Å². The molecule has 0 aliphatic heterocycles. The van der Waals surface area contributed by atoms with E-state index in [-0.39, 0.29) is 34.3 Å². The number of carbonyl (C=O) groups is 4. The zero-order valence-corrected chi connectivity index (χ0v) is 33.3. The largest absolute Gasteiger partial charge is 0.324 e. The maximum absolute atomic E-state index is 10.9. The minimum absolute atomic E-state index is 0.0123. The second-order valence-electron chi connectivity index (χ2n) is 16.3. The molecule has 0 aromatic heterocycles. The van der Waals surface area contributed by atoms with Crippen LogP contribution in [0.15, 0.2) is 58.2 Å². The molecule has 0 bridgehead atoms. The van der Waals surface area contributed by atoms with Crippen LogP contribution in [0.25, 0.3) is 0 Å². The molecule has 0 N–H and O–H groups in total. The van der Waals surface area contributed by atoms with Crippen LogP contribution in [0, 0.1) is 22.2 Å². The fourth-order valence-electron chi connectivity index (χ4n) is 6.86. The summed E-state index contributed by atoms with van der Waals surface area (Å²) < 4.78 is 10.8. The summed E-state index contributed by atoms with van der Waals surface area (Å²) in [6.07, 6.45) is 20.6. The average Bonchev–Trinajstić information content (AvgIpc) is 2.86. The Morgan fingerprint density at radius 1 is 0.787 bits per heavy atom. The van der Waals surface area contributed by atoms with Crippen molar-refractivity contribution in [2.45, 2.75) is 134 Å². The quantitative estimate of drug-likeness (QED) is 0.116. The van der Waals surface area contributed by atoms with Crippen LogP contribution in [0.5, 0.6) is 0 Å². The lowest BCUT2D eigenvalue weighted by Crippen LogP contribution is -2.26. The van der Waals surface area contributed by atoms with Gasteiger partial charge >= 0.3 is 0 Å². The molecule has 0 saturated carbocycles. The highest BCUT2D eigenvalue weighted by Crippen LogP contribution is 2.42. The summed E-state index contributed by atoms with van der Waals surface area (Å²) in [7, 11) is -2.07. The molecule has 0 amide bonds. The molecule has 0 aromatic carbocycles. The van der Waals surface area contributed by atoms with Gasteiger partial charge in [0.2, 0.25) is 0 Å². The Balaban J connectivity index is 0.000000613. The molecule has 266 valence electrons. The molecule has 0 fully saturated rings. The van der Waals surface area contributed by atoms with Gasteiger partial charge in [-0.2, -0.15) is 0 Å². The van der Waals surface area contributed by atoms with Crippen LogP contribution in [0.2, 0.25) is 0 Å². The van der Waals surface area contributed by atoms with E-state index in [4.69, 9.17) is 0 Å². The predicted octanol–water partition coefficient (Wildman–Crippen LogP) is 11.1. The number of Topliss-reactive ketones (excluding diaryl/α,β-unsaturated/α-hetero) is 1. The Kier molecular flexibility index (Phi) is 18.6. The first-order valence-corrected chi connectivity index (χ1v) is 20.1. The van der Waals surface area contributed by atoms with Crippen LogP contribution in [-0.4, -0.2) is 43.1 Å². The molecule has 0 spiro atoms. The van der Waals surface area contributed by atoms with Gasteiger partial charge in [0.05, 0.1) is 13.3 Å². The first kappa shape index (κ1) is 44.6. The van der Waals surface area contributed by atoms with Gasteiger partial charge in [-0.1, -0.05) is 76.5 Å². The van der Waals surface area contributed by atoms with Crippen molar-refractivity contribution in [2.24, 2.45) is 22.2 Å². The SMILES string of the molecule is CC(=O)/C=C/C1=C(C)CCCC1(C)C.CC(=O)/C=C/C1C(C)=CCCC1(C)C.CC(=O)CP(C)(C)=O.CC1=C(C=O)C(C)(C)CCC1. The van der Waals surface area contributed by atoms with E-state index in [1.807, 2.05) is 6.08 Å². The maximum Gasteiger partial charge on any atom is 0.152 e. The lowest BCUT2D eigenvalue weighted by molar-refractivity contribution is -0.115. The van der Waals surface area contributed by atoms with Gasteiger partial charge < -0.3 is 4.57 Å². The Morgan fingerprint density at radius 2 is 1.26 bits per heavy atom. The Hall–Kier alpha value is -2.39. The highest BCUT2D eigenvalue weighted by atomic mass is 31.2. The van der Waals surface area contributed by atoms with E-state index >= 15 is 0 Å². The highest BCUT2D eigenvalue weighted by Gasteiger charge is 2.31. The first-order chi connectivity index (χ1) is 21.4. The van der Waals surface area contributed by atoms with E-state index < -0.39 is 7.14 Å². The molecule has 47 heavy (non-hydrogen) atoms. The van der Waals surface area contributed by atoms with Gasteiger partial charge in [-0.25, -0.2) is 0 Å². The van der Waals surface area contributed by atoms with Crippen LogP contribution in [0.1, 0.15) is 134 Å². The van der Waals surface area contributed by atoms with E-state index in [9.17, 15) is 23.7 Å². The fraction of sp³-hybridized carbons (Fsp3) is 0.659. The van der Waals surface area contributed by atoms with Crippen molar-refractivity contribution in [3.8, 4) is 0 Å². The van der Waals surface area contributed by atoms with Gasteiger partial charge in [0, 0.05) is 5.92 Å². The van der Waals surface area contributed by atoms with Gasteiger partial charge in [0.15, 0.2) is 11.6 Å². The zero-order chi connectivity index (χ0) is 36.8. The van der Waals surface area contributed by atoms with E-state index in [0.29, 0.717) is 11.3 Å². The molecule has 0 heterocycles. The smallest absolute Gasteiger partial charge is 0.152 e. The minimum atomic E-state index is -2.07. The van der Waals surface area contributed by atoms with Crippen LogP contribution in [0.4, 0.5) is 0 Å². The molecule has 6 heteroatoms. The van der Waals surface area contributed by atoms with Crippen molar-refractivity contribution >= 4 is 30.8 Å². The van der Waals surface area contributed by atoms with Crippen molar-refractivity contribution in [1.82, 2.24) is 0 Å². The molecule has 3 aliphatic carbocycles. The molecular formula is C41H67O5P. The summed E-state index contributed by atoms with van der Waals surface area (Å²) in [5.74, 6) is 0.712. The summed E-state index contributed by atoms with van der Waals surface area (Å²) in [5.41, 5.74) is 7.19. The lowest BCUT2D eigenvalue weighted by atomic mass is 9.68. The Bertz CT molecular complexity index is 1310. The molecule has 1 unspecified atom stereocenters. The van der Waals surface area contributed by atoms with Crippen molar-refractivity contribution < 1.29 is 23.7 Å². The number of allylic oxidation sites excluding steroid dienone is 10. The standard InChI is InChI=1S/2C13H20O.C10H16O.C5H11O2P/c2*1-10-6-5-9-13(3,4)12(10)8-7-11(2)14;1-8-5-4-6-10(2,3)9(8)7-11;1-5(6)4-8(2,3)7/h7-8H,5-6,9H2,1-4H3;6-8,12H,5,9H2,1-4H3;7H,4-6H2,1-3H3;4H2,1-3H3/b2*8-7+;;. The molecule has 0 aromatic rings. The third-order valence-electron chi connectivity index (χ3n) is 9.40. The summed E-state index contributed by atoms with van der Waals surface area (Å²) in [4.78, 5) is 42.8. The maximum atomic E-state index is 10.9. The number of hydrogen-bond donors (Lipinski definition) is 0. The second kappa shape index (κ2) is 19.6. The van der Waals surface area contributed by atoms with Gasteiger partial charge in [-0.15, -0.1) is 0 Å². The van der Waals surface area contributed by atoms with Crippen molar-refractivity contribution in [1.29, 1.82) is 0 Å². The van der Waals surface area contributed by atoms with Gasteiger partial charge in [-0.3, -0.25) is 19.2 Å². The Labute approximate surface area is 288 Å². The monoisotopic (exact) mass is 670 g/mol. The van der Waals surface area contributed by atoms with Crippen molar-refractivity contribution in [2.75, 3.05) is 19.5 Å². The lowest BCUT2D eigenvalue weighted by Gasteiger charge is -2.36. The zero-order valence-electron chi connectivity index (χ0n) is 32.4. The van der Waals surface area contributed by atoms with E-state index in [1.54, 1.807) is 39.3 Å². The minimum Gasteiger partial charge on any atom is -0.324 e. The molecule has 5 nitrogen and oxygen atoms in total. The molecular weight excluding hydrogens is 603 g/mol. The van der Waals surface area contributed by atoms with E-state index in [2.05, 4.69) is 74.5 Å². The summed E-state index contributed by atoms with van der Waals surface area (Å²) >= 11 is 0. The molecule has 0 saturated heterocycles. The summed E-state index contributed by atoms with van der Waals surface area (Å²) in [6, 6.07) is 0. The number of ketones is 3. The number of aldehydes is 1. The Morgan fingerprint density at radius 3 is 1.57 bits per heavy atom. The fourth-order valence-corrected chi connectivity index (χ4v) is 7.94. The molecule has 0 radical (unpaired) electrons. The second-order valence-corrected chi connectivity index (χ2v) is 19.7. The average molecular weight is 671 g/mol. The van der Waals surface area contributed by atoms with Crippen LogP contribution in [0.3, 0.4) is 0 Å². The van der Waals surface area contributed by atoms with Crippen LogP contribution in [-0.2, 0) is 23.7 Å². The van der Waals surface area contributed by atoms with Gasteiger partial charge in [0.25, 0.3) is 0 Å². The van der Waals surface area contributed by atoms with Crippen LogP contribution >= 0.6 is 7.14 Å². The third-order valence-corrected chi connectivity index (χ3v) is 10.6. The van der Waals surface area contributed by atoms with Crippen LogP contribution < -0.4 is 0 Å². The number of rotatable bonds is 7. The first-order valence-electron chi connectivity index (χ1n) is 17.3. The van der Waals surface area contributed by atoms with E-state index in [0.717, 1.165) is 24.7 Å². The summed E-state index contributed by atoms with van der Waals surface area (Å²) in [5, 5.41) is 0.